The summed E-state index contributed by atoms with van der Waals surface area (Å²) >= 11 is 0. The molecular formula is C17H17FN2O. The average Bonchev–Trinajstić information content (AvgIpc) is 2.53. The van der Waals surface area contributed by atoms with Gasteiger partial charge in [-0.15, -0.1) is 0 Å². The Bertz CT molecular complexity index is 602. The van der Waals surface area contributed by atoms with E-state index >= 15 is 0 Å². The highest BCUT2D eigenvalue weighted by molar-refractivity contribution is 5.30. The lowest BCUT2D eigenvalue weighted by molar-refractivity contribution is 0.414. The van der Waals surface area contributed by atoms with Gasteiger partial charge < -0.3 is 4.74 Å². The van der Waals surface area contributed by atoms with Crippen LogP contribution in [-0.2, 0) is 6.42 Å². The van der Waals surface area contributed by atoms with Gasteiger partial charge in [-0.05, 0) is 41.8 Å². The standard InChI is InChI=1S/C17H17FN2O/c1-21-16-8-4-14(5-9-16)17(20-11-10-19)12-13-2-6-15(18)7-3-13/h2-9,17,20H,11-12H2,1H3/t17-/m0/s1. The number of nitrogens with one attached hydrogen (secondary N) is 1. The predicted octanol–water partition coefficient (Wildman–Crippen LogP) is 3.23. The van der Waals surface area contributed by atoms with Crippen LogP contribution in [0.3, 0.4) is 0 Å². The maximum atomic E-state index is 13.0. The van der Waals surface area contributed by atoms with E-state index in [2.05, 4.69) is 11.4 Å². The second-order valence-electron chi connectivity index (χ2n) is 4.70. The van der Waals surface area contributed by atoms with E-state index in [9.17, 15) is 4.39 Å². The molecule has 2 aromatic carbocycles. The zero-order valence-corrected chi connectivity index (χ0v) is 11.8. The zero-order valence-electron chi connectivity index (χ0n) is 11.8. The Morgan fingerprint density at radius 3 is 2.38 bits per heavy atom. The van der Waals surface area contributed by atoms with Crippen molar-refractivity contribution in [1.82, 2.24) is 5.32 Å². The van der Waals surface area contributed by atoms with E-state index < -0.39 is 0 Å². The van der Waals surface area contributed by atoms with Crippen LogP contribution in [0.25, 0.3) is 0 Å². The van der Waals surface area contributed by atoms with Crippen molar-refractivity contribution in [3.63, 3.8) is 0 Å². The van der Waals surface area contributed by atoms with Crippen LogP contribution in [0.15, 0.2) is 48.5 Å². The number of hydrogen-bond acceptors (Lipinski definition) is 3. The van der Waals surface area contributed by atoms with Crippen LogP contribution >= 0.6 is 0 Å². The largest absolute Gasteiger partial charge is 0.497 e. The molecule has 0 aliphatic carbocycles. The summed E-state index contributed by atoms with van der Waals surface area (Å²) in [6.45, 7) is 0.262. The van der Waals surface area contributed by atoms with E-state index in [0.29, 0.717) is 6.42 Å². The molecule has 0 unspecified atom stereocenters. The Labute approximate surface area is 124 Å². The molecule has 0 bridgehead atoms. The van der Waals surface area contributed by atoms with Crippen molar-refractivity contribution in [2.24, 2.45) is 0 Å². The lowest BCUT2D eigenvalue weighted by atomic mass is 9.98. The predicted molar refractivity (Wildman–Crippen MR) is 79.5 cm³/mol. The van der Waals surface area contributed by atoms with E-state index in [1.54, 1.807) is 19.2 Å². The first-order valence-corrected chi connectivity index (χ1v) is 6.71. The Morgan fingerprint density at radius 2 is 1.81 bits per heavy atom. The topological polar surface area (TPSA) is 45.0 Å². The minimum atomic E-state index is -0.246. The number of benzene rings is 2. The normalized spacial score (nSPS) is 11.7. The first-order chi connectivity index (χ1) is 10.2. The number of nitrogens with zero attached hydrogens (tertiary/aromatic N) is 1. The van der Waals surface area contributed by atoms with Gasteiger partial charge in [-0.3, -0.25) is 5.32 Å². The lowest BCUT2D eigenvalue weighted by Crippen LogP contribution is -2.23. The average molecular weight is 284 g/mol. The van der Waals surface area contributed by atoms with Gasteiger partial charge in [0.05, 0.1) is 19.7 Å². The highest BCUT2D eigenvalue weighted by Crippen LogP contribution is 2.21. The molecule has 0 saturated heterocycles. The van der Waals surface area contributed by atoms with E-state index in [0.717, 1.165) is 16.9 Å². The van der Waals surface area contributed by atoms with Gasteiger partial charge in [0.1, 0.15) is 11.6 Å². The molecule has 2 rings (SSSR count). The highest BCUT2D eigenvalue weighted by Gasteiger charge is 2.12. The van der Waals surface area contributed by atoms with Gasteiger partial charge >= 0.3 is 0 Å². The minimum absolute atomic E-state index is 0.000942. The molecule has 0 fully saturated rings. The molecule has 0 aliphatic heterocycles. The molecule has 3 nitrogen and oxygen atoms in total. The van der Waals surface area contributed by atoms with Crippen molar-refractivity contribution in [3.05, 3.63) is 65.5 Å². The fourth-order valence-corrected chi connectivity index (χ4v) is 2.17. The van der Waals surface area contributed by atoms with Crippen LogP contribution < -0.4 is 10.1 Å². The molecule has 4 heteroatoms. The van der Waals surface area contributed by atoms with Crippen molar-refractivity contribution < 1.29 is 9.13 Å². The van der Waals surface area contributed by atoms with E-state index in [-0.39, 0.29) is 18.4 Å². The molecule has 1 atom stereocenters. The zero-order chi connectivity index (χ0) is 15.1. The van der Waals surface area contributed by atoms with Crippen LogP contribution in [-0.4, -0.2) is 13.7 Å². The summed E-state index contributed by atoms with van der Waals surface area (Å²) in [6, 6.07) is 16.2. The Balaban J connectivity index is 2.16. The van der Waals surface area contributed by atoms with Crippen molar-refractivity contribution in [3.8, 4) is 11.8 Å². The number of rotatable bonds is 6. The Hall–Kier alpha value is -2.38. The van der Waals surface area contributed by atoms with E-state index in [1.807, 2.05) is 24.3 Å². The van der Waals surface area contributed by atoms with Crippen LogP contribution in [0.5, 0.6) is 5.75 Å². The van der Waals surface area contributed by atoms with Gasteiger partial charge in [-0.25, -0.2) is 4.39 Å². The van der Waals surface area contributed by atoms with Gasteiger partial charge in [-0.1, -0.05) is 24.3 Å². The fourth-order valence-electron chi connectivity index (χ4n) is 2.17. The molecule has 0 aromatic heterocycles. The summed E-state index contributed by atoms with van der Waals surface area (Å²) in [5.41, 5.74) is 2.08. The van der Waals surface area contributed by atoms with Gasteiger partial charge in [0.2, 0.25) is 0 Å². The van der Waals surface area contributed by atoms with Crippen molar-refractivity contribution in [1.29, 1.82) is 5.26 Å². The lowest BCUT2D eigenvalue weighted by Gasteiger charge is -2.18. The third-order valence-corrected chi connectivity index (χ3v) is 3.30. The summed E-state index contributed by atoms with van der Waals surface area (Å²) < 4.78 is 18.1. The number of hydrogen-bond donors (Lipinski definition) is 1. The van der Waals surface area contributed by atoms with Crippen LogP contribution in [0.2, 0.25) is 0 Å². The SMILES string of the molecule is COc1ccc([C@H](Cc2ccc(F)cc2)NCC#N)cc1. The smallest absolute Gasteiger partial charge is 0.123 e. The van der Waals surface area contributed by atoms with E-state index in [4.69, 9.17) is 10.00 Å². The molecule has 108 valence electrons. The molecule has 0 saturated carbocycles. The van der Waals surface area contributed by atoms with Gasteiger partial charge in [-0.2, -0.15) is 5.26 Å². The molecule has 0 amide bonds. The molecule has 2 aromatic rings. The van der Waals surface area contributed by atoms with Gasteiger partial charge in [0.25, 0.3) is 0 Å². The molecule has 0 aliphatic rings. The summed E-state index contributed by atoms with van der Waals surface area (Å²) in [5, 5.41) is 12.0. The summed E-state index contributed by atoms with van der Waals surface area (Å²) in [6.07, 6.45) is 0.689. The number of halogens is 1. The third-order valence-electron chi connectivity index (χ3n) is 3.30. The number of methoxy groups -OCH3 is 1. The maximum Gasteiger partial charge on any atom is 0.123 e. The summed E-state index contributed by atoms with van der Waals surface area (Å²) in [5.74, 6) is 0.546. The maximum absolute atomic E-state index is 13.0. The quantitative estimate of drug-likeness (QED) is 0.828. The fraction of sp³-hybridized carbons (Fsp3) is 0.235. The second-order valence-corrected chi connectivity index (χ2v) is 4.70. The Kier molecular flexibility index (Phi) is 5.30. The highest BCUT2D eigenvalue weighted by atomic mass is 19.1. The van der Waals surface area contributed by atoms with Crippen LogP contribution in [0.4, 0.5) is 4.39 Å². The van der Waals surface area contributed by atoms with Crippen LogP contribution in [0, 0.1) is 17.1 Å². The third kappa shape index (κ3) is 4.30. The summed E-state index contributed by atoms with van der Waals surface area (Å²) in [7, 11) is 1.62. The molecular weight excluding hydrogens is 267 g/mol. The van der Waals surface area contributed by atoms with Crippen molar-refractivity contribution in [2.45, 2.75) is 12.5 Å². The first kappa shape index (κ1) is 15.0. The number of nitriles is 1. The van der Waals surface area contributed by atoms with Crippen molar-refractivity contribution in [2.75, 3.05) is 13.7 Å². The van der Waals surface area contributed by atoms with Gasteiger partial charge in [0, 0.05) is 6.04 Å². The van der Waals surface area contributed by atoms with Crippen molar-refractivity contribution >= 4 is 0 Å². The molecule has 0 spiro atoms. The minimum Gasteiger partial charge on any atom is -0.497 e. The monoisotopic (exact) mass is 284 g/mol. The summed E-state index contributed by atoms with van der Waals surface area (Å²) in [4.78, 5) is 0. The number of ether oxygens (including phenoxy) is 1. The van der Waals surface area contributed by atoms with E-state index in [1.165, 1.54) is 12.1 Å². The molecule has 21 heavy (non-hydrogen) atoms. The molecule has 0 radical (unpaired) electrons. The Morgan fingerprint density at radius 1 is 1.14 bits per heavy atom. The van der Waals surface area contributed by atoms with Crippen LogP contribution in [0.1, 0.15) is 17.2 Å². The first-order valence-electron chi connectivity index (χ1n) is 6.71. The van der Waals surface area contributed by atoms with Gasteiger partial charge in [0.15, 0.2) is 0 Å². The molecule has 1 N–H and O–H groups in total. The molecule has 0 heterocycles. The second kappa shape index (κ2) is 7.41.